The summed E-state index contributed by atoms with van der Waals surface area (Å²) in [4.78, 5) is 7.15. The van der Waals surface area contributed by atoms with Crippen molar-refractivity contribution in [3.63, 3.8) is 0 Å². The van der Waals surface area contributed by atoms with Crippen LogP contribution in [0.15, 0.2) is 48.8 Å². The molecule has 1 aliphatic rings. The Morgan fingerprint density at radius 2 is 2.08 bits per heavy atom. The summed E-state index contributed by atoms with van der Waals surface area (Å²) in [6.45, 7) is 9.07. The predicted octanol–water partition coefficient (Wildman–Crippen LogP) is 3.02. The van der Waals surface area contributed by atoms with Crippen LogP contribution in [-0.4, -0.2) is 40.0 Å². The number of hydrogen-bond acceptors (Lipinski definition) is 4. The van der Waals surface area contributed by atoms with Crippen molar-refractivity contribution in [2.24, 2.45) is 0 Å². The van der Waals surface area contributed by atoms with Crippen molar-refractivity contribution in [1.82, 2.24) is 19.6 Å². The molecular weight excluding hydrogens is 324 g/mol. The minimum absolute atomic E-state index is 0.482. The van der Waals surface area contributed by atoms with Gasteiger partial charge in [-0.2, -0.15) is 0 Å². The van der Waals surface area contributed by atoms with Gasteiger partial charge in [-0.3, -0.25) is 4.90 Å². The Kier molecular flexibility index (Phi) is 4.91. The highest BCUT2D eigenvalue weighted by Gasteiger charge is 2.15. The number of nitrogens with one attached hydrogen (secondary N) is 1. The van der Waals surface area contributed by atoms with Crippen molar-refractivity contribution in [1.29, 1.82) is 0 Å². The van der Waals surface area contributed by atoms with E-state index in [1.165, 1.54) is 11.1 Å². The van der Waals surface area contributed by atoms with Crippen molar-refractivity contribution < 1.29 is 4.74 Å². The van der Waals surface area contributed by atoms with Gasteiger partial charge in [-0.05, 0) is 43.2 Å². The van der Waals surface area contributed by atoms with E-state index in [9.17, 15) is 0 Å². The fourth-order valence-electron chi connectivity index (χ4n) is 3.54. The number of rotatable bonds is 5. The molecule has 2 aromatic heterocycles. The maximum atomic E-state index is 5.92. The van der Waals surface area contributed by atoms with E-state index >= 15 is 0 Å². The molecule has 5 heteroatoms. The Balaban J connectivity index is 1.35. The van der Waals surface area contributed by atoms with E-state index in [1.54, 1.807) is 0 Å². The molecule has 0 amide bonds. The zero-order valence-corrected chi connectivity index (χ0v) is 15.5. The molecule has 0 aliphatic carbocycles. The summed E-state index contributed by atoms with van der Waals surface area (Å²) >= 11 is 0. The van der Waals surface area contributed by atoms with Crippen LogP contribution >= 0.6 is 0 Å². The largest absolute Gasteiger partial charge is 0.487 e. The minimum Gasteiger partial charge on any atom is -0.487 e. The van der Waals surface area contributed by atoms with Gasteiger partial charge in [0, 0.05) is 44.6 Å². The third kappa shape index (κ3) is 3.89. The Labute approximate surface area is 154 Å². The Hall–Kier alpha value is -2.37. The van der Waals surface area contributed by atoms with Gasteiger partial charge in [0.1, 0.15) is 18.0 Å². The van der Waals surface area contributed by atoms with Crippen LogP contribution in [0.1, 0.15) is 23.7 Å². The second-order valence-electron chi connectivity index (χ2n) is 7.18. The van der Waals surface area contributed by atoms with Crippen LogP contribution < -0.4 is 10.1 Å². The maximum Gasteiger partial charge on any atom is 0.140 e. The van der Waals surface area contributed by atoms with Gasteiger partial charge >= 0.3 is 0 Å². The third-order valence-electron chi connectivity index (χ3n) is 4.90. The molecule has 5 nitrogen and oxygen atoms in total. The lowest BCUT2D eigenvalue weighted by molar-refractivity contribution is 0.199. The lowest BCUT2D eigenvalue weighted by Crippen LogP contribution is -2.48. The number of imidazole rings is 1. The van der Waals surface area contributed by atoms with Gasteiger partial charge in [0.15, 0.2) is 0 Å². The Morgan fingerprint density at radius 1 is 1.23 bits per heavy atom. The summed E-state index contributed by atoms with van der Waals surface area (Å²) in [5.41, 5.74) is 4.44. The molecule has 1 aromatic carbocycles. The molecule has 1 fully saturated rings. The highest BCUT2D eigenvalue weighted by molar-refractivity contribution is 5.47. The number of fused-ring (bicyclic) bond motifs is 1. The zero-order valence-electron chi connectivity index (χ0n) is 15.5. The summed E-state index contributed by atoms with van der Waals surface area (Å²) in [5, 5.41) is 3.48. The average Bonchev–Trinajstić information content (AvgIpc) is 3.06. The number of pyridine rings is 1. The number of aromatic nitrogens is 2. The predicted molar refractivity (Wildman–Crippen MR) is 103 cm³/mol. The molecular formula is C21H26N4O. The molecule has 0 radical (unpaired) electrons. The lowest BCUT2D eigenvalue weighted by Gasteiger charge is -2.31. The molecule has 3 heterocycles. The van der Waals surface area contributed by atoms with Gasteiger partial charge in [-0.25, -0.2) is 4.98 Å². The molecule has 1 aliphatic heterocycles. The van der Waals surface area contributed by atoms with E-state index in [-0.39, 0.29) is 0 Å². The SMILES string of the molecule is Cc1cccn2cc(COc3ccc(CN4CCN[C@H](C)C4)cc3)nc12. The molecule has 26 heavy (non-hydrogen) atoms. The Bertz CT molecular complexity index is 871. The van der Waals surface area contributed by atoms with E-state index < -0.39 is 0 Å². The second-order valence-corrected chi connectivity index (χ2v) is 7.18. The van der Waals surface area contributed by atoms with Crippen molar-refractivity contribution in [3.8, 4) is 5.75 Å². The number of benzene rings is 1. The number of hydrogen-bond donors (Lipinski definition) is 1. The molecule has 1 saturated heterocycles. The molecule has 3 aromatic rings. The van der Waals surface area contributed by atoms with Gasteiger partial charge in [0.2, 0.25) is 0 Å². The highest BCUT2D eigenvalue weighted by atomic mass is 16.5. The molecule has 1 N–H and O–H groups in total. The number of ether oxygens (including phenoxy) is 1. The van der Waals surface area contributed by atoms with Crippen LogP contribution in [0.3, 0.4) is 0 Å². The molecule has 136 valence electrons. The van der Waals surface area contributed by atoms with Crippen LogP contribution in [-0.2, 0) is 13.2 Å². The van der Waals surface area contributed by atoms with Crippen LogP contribution in [0.2, 0.25) is 0 Å². The van der Waals surface area contributed by atoms with Crippen LogP contribution in [0.25, 0.3) is 5.65 Å². The summed E-state index contributed by atoms with van der Waals surface area (Å²) < 4.78 is 7.97. The summed E-state index contributed by atoms with van der Waals surface area (Å²) in [7, 11) is 0. The smallest absolute Gasteiger partial charge is 0.140 e. The fourth-order valence-corrected chi connectivity index (χ4v) is 3.54. The zero-order chi connectivity index (χ0) is 17.9. The highest BCUT2D eigenvalue weighted by Crippen LogP contribution is 2.17. The van der Waals surface area contributed by atoms with Crippen molar-refractivity contribution in [2.45, 2.75) is 33.0 Å². The minimum atomic E-state index is 0.482. The van der Waals surface area contributed by atoms with Crippen LogP contribution in [0.5, 0.6) is 5.75 Å². The number of nitrogens with zero attached hydrogens (tertiary/aromatic N) is 3. The fraction of sp³-hybridized carbons (Fsp3) is 0.381. The van der Waals surface area contributed by atoms with Gasteiger partial charge in [-0.1, -0.05) is 18.2 Å². The average molecular weight is 350 g/mol. The van der Waals surface area contributed by atoms with Gasteiger partial charge < -0.3 is 14.5 Å². The summed E-state index contributed by atoms with van der Waals surface area (Å²) in [5.74, 6) is 0.885. The van der Waals surface area contributed by atoms with Crippen molar-refractivity contribution in [3.05, 3.63) is 65.6 Å². The third-order valence-corrected chi connectivity index (χ3v) is 4.90. The quantitative estimate of drug-likeness (QED) is 0.768. The molecule has 0 saturated carbocycles. The van der Waals surface area contributed by atoms with Gasteiger partial charge in [0.05, 0.1) is 5.69 Å². The first-order valence-electron chi connectivity index (χ1n) is 9.28. The standard InChI is InChI=1S/C21H26N4O/c1-16-4-3-10-25-14-19(23-21(16)25)15-26-20-7-5-18(6-8-20)13-24-11-9-22-17(2)12-24/h3-8,10,14,17,22H,9,11-13,15H2,1-2H3/t17-/m1/s1. The first-order valence-corrected chi connectivity index (χ1v) is 9.28. The van der Waals surface area contributed by atoms with E-state index in [2.05, 4.69) is 59.4 Å². The maximum absolute atomic E-state index is 5.92. The summed E-state index contributed by atoms with van der Waals surface area (Å²) in [6.07, 6.45) is 4.05. The topological polar surface area (TPSA) is 41.8 Å². The van der Waals surface area contributed by atoms with E-state index in [1.807, 2.05) is 22.9 Å². The van der Waals surface area contributed by atoms with E-state index in [0.29, 0.717) is 12.6 Å². The normalized spacial score (nSPS) is 18.3. The Morgan fingerprint density at radius 3 is 2.85 bits per heavy atom. The number of aryl methyl sites for hydroxylation is 1. The van der Waals surface area contributed by atoms with Gasteiger partial charge in [-0.15, -0.1) is 0 Å². The van der Waals surface area contributed by atoms with E-state index in [4.69, 9.17) is 4.74 Å². The molecule has 1 atom stereocenters. The molecule has 0 spiro atoms. The molecule has 4 rings (SSSR count). The van der Waals surface area contributed by atoms with Crippen LogP contribution in [0, 0.1) is 6.92 Å². The monoisotopic (exact) mass is 350 g/mol. The first-order chi connectivity index (χ1) is 12.7. The van der Waals surface area contributed by atoms with Crippen molar-refractivity contribution >= 4 is 5.65 Å². The molecule has 0 bridgehead atoms. The lowest BCUT2D eigenvalue weighted by atomic mass is 10.1. The summed E-state index contributed by atoms with van der Waals surface area (Å²) in [6, 6.07) is 13.1. The molecule has 0 unspecified atom stereocenters. The van der Waals surface area contributed by atoms with Gasteiger partial charge in [0.25, 0.3) is 0 Å². The first kappa shape index (κ1) is 17.1. The van der Waals surface area contributed by atoms with Crippen LogP contribution in [0.4, 0.5) is 0 Å². The van der Waals surface area contributed by atoms with E-state index in [0.717, 1.165) is 43.3 Å². The second kappa shape index (κ2) is 7.48. The number of piperazine rings is 1. The van der Waals surface area contributed by atoms with Crippen molar-refractivity contribution in [2.75, 3.05) is 19.6 Å².